The van der Waals surface area contributed by atoms with Crippen LogP contribution in [0.15, 0.2) is 17.2 Å². The third kappa shape index (κ3) is 5.22. The Hall–Kier alpha value is -2.86. The molecule has 11 nitrogen and oxygen atoms in total. The number of methoxy groups -OCH3 is 1. The number of hydrogen-bond donors (Lipinski definition) is 2. The maximum Gasteiger partial charge on any atom is 0.333 e. The highest BCUT2D eigenvalue weighted by molar-refractivity contribution is 7.90. The molecule has 1 atom stereocenters. The van der Waals surface area contributed by atoms with Crippen LogP contribution in [0.4, 0.5) is 10.5 Å². The van der Waals surface area contributed by atoms with Crippen LogP contribution in [0.1, 0.15) is 50.8 Å². The molecule has 0 aliphatic carbocycles. The number of rotatable bonds is 7. The molecular weight excluding hydrogens is 448 g/mol. The summed E-state index contributed by atoms with van der Waals surface area (Å²) in [7, 11) is 1.13. The number of hydrogen-bond acceptors (Lipinski definition) is 8. The first-order valence-corrected chi connectivity index (χ1v) is 12.2. The van der Waals surface area contributed by atoms with Crippen LogP contribution in [0.3, 0.4) is 0 Å². The Labute approximate surface area is 194 Å². The minimum absolute atomic E-state index is 0.0343. The van der Waals surface area contributed by atoms with Crippen molar-refractivity contribution in [1.82, 2.24) is 24.4 Å². The summed E-state index contributed by atoms with van der Waals surface area (Å²) in [6.07, 6.45) is 1.19. The molecule has 0 saturated carbocycles. The number of carbonyl (C=O) groups excluding carboxylic acids is 1. The lowest BCUT2D eigenvalue weighted by Gasteiger charge is -2.29. The molecule has 2 aromatic rings. The molecule has 0 bridgehead atoms. The van der Waals surface area contributed by atoms with E-state index in [0.717, 1.165) is 5.56 Å². The fourth-order valence-corrected chi connectivity index (χ4v) is 4.53. The van der Waals surface area contributed by atoms with Gasteiger partial charge in [-0.15, -0.1) is 0 Å². The number of aromatic nitrogens is 3. The molecule has 0 unspecified atom stereocenters. The minimum Gasteiger partial charge on any atom is -0.481 e. The maximum absolute atomic E-state index is 13.0. The van der Waals surface area contributed by atoms with Crippen molar-refractivity contribution in [3.8, 4) is 11.8 Å². The van der Waals surface area contributed by atoms with E-state index in [1.54, 1.807) is 6.07 Å². The lowest BCUT2D eigenvalue weighted by molar-refractivity contribution is 0.117. The second-order valence-electron chi connectivity index (χ2n) is 8.81. The van der Waals surface area contributed by atoms with Gasteiger partial charge in [-0.3, -0.25) is 0 Å². The first-order chi connectivity index (χ1) is 15.4. The van der Waals surface area contributed by atoms with E-state index in [0.29, 0.717) is 30.4 Å². The summed E-state index contributed by atoms with van der Waals surface area (Å²) < 4.78 is 40.5. The van der Waals surface area contributed by atoms with Gasteiger partial charge in [-0.05, 0) is 31.5 Å². The van der Waals surface area contributed by atoms with E-state index in [4.69, 9.17) is 9.47 Å². The average Bonchev–Trinajstić information content (AvgIpc) is 3.17. The van der Waals surface area contributed by atoms with Crippen LogP contribution >= 0.6 is 0 Å². The topological polar surface area (TPSA) is 128 Å². The zero-order valence-electron chi connectivity index (χ0n) is 20.0. The number of urea groups is 1. The number of sulfonamides is 1. The van der Waals surface area contributed by atoms with Crippen molar-refractivity contribution in [3.63, 3.8) is 0 Å². The van der Waals surface area contributed by atoms with Gasteiger partial charge in [-0.1, -0.05) is 27.7 Å². The summed E-state index contributed by atoms with van der Waals surface area (Å²) in [5, 5.41) is 6.82. The van der Waals surface area contributed by atoms with Gasteiger partial charge in [0.25, 0.3) is 10.0 Å². The molecule has 2 aromatic heterocycles. The summed E-state index contributed by atoms with van der Waals surface area (Å²) in [4.78, 5) is 19.1. The Kier molecular flexibility index (Phi) is 7.17. The van der Waals surface area contributed by atoms with Crippen molar-refractivity contribution in [1.29, 1.82) is 0 Å². The molecule has 3 heterocycles. The van der Waals surface area contributed by atoms with Crippen LogP contribution in [0.2, 0.25) is 0 Å². The third-order valence-corrected chi connectivity index (χ3v) is 6.79. The largest absolute Gasteiger partial charge is 0.481 e. The standard InChI is InChI=1S/C21H32N6O5S/c1-12(2)15-8-17(31-7)23-18(13(3)4)19(15)24-21(28)25-33(29,30)16-9-22-27-10-14(26(5)6)11-32-20(16)27/h8-9,12-14H,10-11H2,1-7H3,(H2,24,25,28)/t14-/m0/s1. The minimum atomic E-state index is -4.22. The van der Waals surface area contributed by atoms with Crippen LogP contribution in [-0.2, 0) is 16.6 Å². The van der Waals surface area contributed by atoms with Gasteiger partial charge in [0.2, 0.25) is 11.8 Å². The molecule has 1 aliphatic heterocycles. The van der Waals surface area contributed by atoms with Gasteiger partial charge >= 0.3 is 6.03 Å². The van der Waals surface area contributed by atoms with Gasteiger partial charge in [-0.2, -0.15) is 5.10 Å². The van der Waals surface area contributed by atoms with Crippen molar-refractivity contribution < 1.29 is 22.7 Å². The monoisotopic (exact) mass is 480 g/mol. The smallest absolute Gasteiger partial charge is 0.333 e. The van der Waals surface area contributed by atoms with Gasteiger partial charge in [0.1, 0.15) is 6.61 Å². The van der Waals surface area contributed by atoms with Gasteiger partial charge < -0.3 is 19.7 Å². The molecular formula is C21H32N6O5S. The van der Waals surface area contributed by atoms with E-state index in [1.807, 2.05) is 46.7 Å². The summed E-state index contributed by atoms with van der Waals surface area (Å²) in [6, 6.07) is 0.910. The Morgan fingerprint density at radius 2 is 1.97 bits per heavy atom. The molecule has 0 radical (unpaired) electrons. The van der Waals surface area contributed by atoms with Crippen LogP contribution in [0.5, 0.6) is 11.8 Å². The van der Waals surface area contributed by atoms with Crippen LogP contribution in [0, 0.1) is 0 Å². The molecule has 3 rings (SSSR count). The maximum atomic E-state index is 13.0. The highest BCUT2D eigenvalue weighted by Gasteiger charge is 2.32. The van der Waals surface area contributed by atoms with Crippen molar-refractivity contribution in [2.45, 2.75) is 57.0 Å². The van der Waals surface area contributed by atoms with E-state index in [1.165, 1.54) is 18.0 Å². The Morgan fingerprint density at radius 3 is 2.55 bits per heavy atom. The number of ether oxygens (including phenoxy) is 2. The number of fused-ring (bicyclic) bond motifs is 1. The van der Waals surface area contributed by atoms with E-state index >= 15 is 0 Å². The molecule has 182 valence electrons. The van der Waals surface area contributed by atoms with Gasteiger partial charge in [-0.25, -0.2) is 27.6 Å². The third-order valence-electron chi connectivity index (χ3n) is 5.47. The van der Waals surface area contributed by atoms with Crippen molar-refractivity contribution in [2.75, 3.05) is 33.1 Å². The molecule has 33 heavy (non-hydrogen) atoms. The van der Waals surface area contributed by atoms with E-state index in [2.05, 4.69) is 20.1 Å². The van der Waals surface area contributed by atoms with Gasteiger partial charge in [0.15, 0.2) is 4.90 Å². The van der Waals surface area contributed by atoms with E-state index < -0.39 is 16.1 Å². The average molecular weight is 481 g/mol. The van der Waals surface area contributed by atoms with Gasteiger partial charge in [0.05, 0.1) is 37.3 Å². The molecule has 0 saturated heterocycles. The molecule has 0 spiro atoms. The SMILES string of the molecule is COc1cc(C(C)C)c(NC(=O)NS(=O)(=O)c2cnn3c2OC[C@@H](N(C)C)C3)c(C(C)C)n1. The van der Waals surface area contributed by atoms with Crippen molar-refractivity contribution >= 4 is 21.7 Å². The molecule has 2 amide bonds. The number of nitrogens with zero attached hydrogens (tertiary/aromatic N) is 4. The van der Waals surface area contributed by atoms with Crippen LogP contribution in [0.25, 0.3) is 0 Å². The normalized spacial score (nSPS) is 16.0. The highest BCUT2D eigenvalue weighted by Crippen LogP contribution is 2.34. The fraction of sp³-hybridized carbons (Fsp3) is 0.571. The van der Waals surface area contributed by atoms with E-state index in [9.17, 15) is 13.2 Å². The van der Waals surface area contributed by atoms with Crippen LogP contribution < -0.4 is 19.5 Å². The number of amides is 2. The molecule has 0 fully saturated rings. The number of nitrogens with one attached hydrogen (secondary N) is 2. The first kappa shape index (κ1) is 24.8. The predicted molar refractivity (Wildman–Crippen MR) is 124 cm³/mol. The Bertz CT molecular complexity index is 1100. The molecule has 2 N–H and O–H groups in total. The lowest BCUT2D eigenvalue weighted by atomic mass is 9.97. The number of anilines is 1. The summed E-state index contributed by atoms with van der Waals surface area (Å²) in [5.41, 5.74) is 1.86. The first-order valence-electron chi connectivity index (χ1n) is 10.7. The summed E-state index contributed by atoms with van der Waals surface area (Å²) in [5.74, 6) is 0.545. The number of carbonyl (C=O) groups is 1. The molecule has 0 aromatic carbocycles. The zero-order chi connectivity index (χ0) is 24.5. The van der Waals surface area contributed by atoms with Crippen LogP contribution in [-0.4, -0.2) is 68.0 Å². The summed E-state index contributed by atoms with van der Waals surface area (Å²) in [6.45, 7) is 8.61. The quantitative estimate of drug-likeness (QED) is 0.618. The molecule has 1 aliphatic rings. The second-order valence-corrected chi connectivity index (χ2v) is 10.5. The van der Waals surface area contributed by atoms with Gasteiger partial charge in [0, 0.05) is 6.07 Å². The Morgan fingerprint density at radius 1 is 1.27 bits per heavy atom. The summed E-state index contributed by atoms with van der Waals surface area (Å²) >= 11 is 0. The number of likely N-dealkylation sites (N-methyl/N-ethyl adjacent to an activating group) is 1. The lowest BCUT2D eigenvalue weighted by Crippen LogP contribution is -2.41. The second kappa shape index (κ2) is 9.56. The molecule has 12 heteroatoms. The zero-order valence-corrected chi connectivity index (χ0v) is 20.9. The van der Waals surface area contributed by atoms with E-state index in [-0.39, 0.29) is 28.7 Å². The fourth-order valence-electron chi connectivity index (χ4n) is 3.55. The highest BCUT2D eigenvalue weighted by atomic mass is 32.2. The predicted octanol–water partition coefficient (Wildman–Crippen LogP) is 2.37. The Balaban J connectivity index is 1.86. The number of pyridine rings is 1. The van der Waals surface area contributed by atoms with Crippen molar-refractivity contribution in [3.05, 3.63) is 23.5 Å². The van der Waals surface area contributed by atoms with Crippen molar-refractivity contribution in [2.24, 2.45) is 0 Å².